The minimum Gasteiger partial charge on any atom is -0.300 e. The van der Waals surface area contributed by atoms with Crippen LogP contribution in [0.1, 0.15) is 33.5 Å². The van der Waals surface area contributed by atoms with Gasteiger partial charge in [-0.2, -0.15) is 0 Å². The molecule has 0 saturated heterocycles. The molecular formula is C10H18ClN3OS. The maximum atomic E-state index is 11.4. The van der Waals surface area contributed by atoms with E-state index >= 15 is 0 Å². The molecule has 6 heteroatoms. The van der Waals surface area contributed by atoms with Crippen LogP contribution in [0.2, 0.25) is 5.28 Å². The van der Waals surface area contributed by atoms with Crippen molar-refractivity contribution in [2.75, 3.05) is 6.26 Å². The van der Waals surface area contributed by atoms with Gasteiger partial charge in [-0.3, -0.25) is 4.21 Å². The van der Waals surface area contributed by atoms with Gasteiger partial charge in [0.1, 0.15) is 5.82 Å². The third-order valence-electron chi connectivity index (χ3n) is 2.38. The lowest BCUT2D eigenvalue weighted by molar-refractivity contribution is 0.495. The minimum absolute atomic E-state index is 0.0367. The summed E-state index contributed by atoms with van der Waals surface area (Å²) in [6.45, 7) is 8.67. The fourth-order valence-electron chi connectivity index (χ4n) is 1.36. The van der Waals surface area contributed by atoms with Crippen molar-refractivity contribution in [3.63, 3.8) is 0 Å². The Hall–Kier alpha value is -0.420. The van der Waals surface area contributed by atoms with Crippen LogP contribution in [0.5, 0.6) is 0 Å². The quantitative estimate of drug-likeness (QED) is 0.838. The second kappa shape index (κ2) is 4.84. The standard InChI is InChI=1S/C10H18ClN3OS/c1-7(16(5)15)6-14-8(10(2,3)4)12-13-9(14)11/h7H,6H2,1-5H3. The predicted octanol–water partition coefficient (Wildman–Crippen LogP) is 2.00. The molecule has 0 aromatic carbocycles. The zero-order chi connectivity index (χ0) is 12.5. The van der Waals surface area contributed by atoms with Crippen molar-refractivity contribution in [3.8, 4) is 0 Å². The number of rotatable bonds is 3. The Balaban J connectivity index is 3.04. The topological polar surface area (TPSA) is 47.8 Å². The summed E-state index contributed by atoms with van der Waals surface area (Å²) in [6, 6.07) is 0. The van der Waals surface area contributed by atoms with Gasteiger partial charge in [-0.1, -0.05) is 20.8 Å². The molecule has 0 amide bonds. The number of halogens is 1. The van der Waals surface area contributed by atoms with E-state index in [0.29, 0.717) is 11.8 Å². The summed E-state index contributed by atoms with van der Waals surface area (Å²) in [6.07, 6.45) is 1.69. The average Bonchev–Trinajstić information content (AvgIpc) is 2.47. The highest BCUT2D eigenvalue weighted by atomic mass is 35.5. The molecule has 1 rings (SSSR count). The van der Waals surface area contributed by atoms with Crippen LogP contribution in [-0.2, 0) is 22.8 Å². The van der Waals surface area contributed by atoms with Crippen molar-refractivity contribution in [1.29, 1.82) is 0 Å². The molecule has 1 aromatic rings. The smallest absolute Gasteiger partial charge is 0.225 e. The normalized spacial score (nSPS) is 16.1. The van der Waals surface area contributed by atoms with E-state index in [9.17, 15) is 4.21 Å². The number of hydrogen-bond acceptors (Lipinski definition) is 3. The van der Waals surface area contributed by atoms with Crippen LogP contribution in [0.4, 0.5) is 0 Å². The highest BCUT2D eigenvalue weighted by molar-refractivity contribution is 7.84. The van der Waals surface area contributed by atoms with Gasteiger partial charge in [0.05, 0.1) is 0 Å². The Labute approximate surface area is 104 Å². The third-order valence-corrected chi connectivity index (χ3v) is 3.94. The first-order valence-electron chi connectivity index (χ1n) is 5.15. The summed E-state index contributed by atoms with van der Waals surface area (Å²) < 4.78 is 13.2. The Morgan fingerprint density at radius 3 is 2.44 bits per heavy atom. The maximum absolute atomic E-state index is 11.4. The Bertz CT molecular complexity index is 397. The Morgan fingerprint density at radius 2 is 2.00 bits per heavy atom. The van der Waals surface area contributed by atoms with Crippen molar-refractivity contribution in [1.82, 2.24) is 14.8 Å². The molecule has 2 unspecified atom stereocenters. The maximum Gasteiger partial charge on any atom is 0.225 e. The highest BCUT2D eigenvalue weighted by Crippen LogP contribution is 2.23. The lowest BCUT2D eigenvalue weighted by Crippen LogP contribution is -2.24. The van der Waals surface area contributed by atoms with Crippen molar-refractivity contribution in [3.05, 3.63) is 11.1 Å². The van der Waals surface area contributed by atoms with E-state index in [1.54, 1.807) is 6.26 Å². The van der Waals surface area contributed by atoms with Gasteiger partial charge in [0, 0.05) is 34.3 Å². The second-order valence-electron chi connectivity index (χ2n) is 4.96. The van der Waals surface area contributed by atoms with E-state index < -0.39 is 10.8 Å². The summed E-state index contributed by atoms with van der Waals surface area (Å²) in [5.74, 6) is 0.829. The van der Waals surface area contributed by atoms with Crippen LogP contribution >= 0.6 is 11.6 Å². The summed E-state index contributed by atoms with van der Waals surface area (Å²) in [4.78, 5) is 0. The van der Waals surface area contributed by atoms with Crippen LogP contribution in [0.15, 0.2) is 0 Å². The van der Waals surface area contributed by atoms with Crippen LogP contribution < -0.4 is 0 Å². The molecule has 0 aliphatic carbocycles. The van der Waals surface area contributed by atoms with E-state index in [2.05, 4.69) is 31.0 Å². The van der Waals surface area contributed by atoms with Gasteiger partial charge >= 0.3 is 0 Å². The SMILES string of the molecule is CC(Cn1c(Cl)nnc1C(C)(C)C)S(C)=O. The van der Waals surface area contributed by atoms with Gasteiger partial charge in [-0.05, 0) is 18.5 Å². The summed E-state index contributed by atoms with van der Waals surface area (Å²) in [7, 11) is -0.873. The third kappa shape index (κ3) is 3.04. The number of aromatic nitrogens is 3. The monoisotopic (exact) mass is 263 g/mol. The molecule has 16 heavy (non-hydrogen) atoms. The van der Waals surface area contributed by atoms with Crippen molar-refractivity contribution < 1.29 is 4.21 Å². The summed E-state index contributed by atoms with van der Waals surface area (Å²) in [5.41, 5.74) is -0.116. The molecule has 2 atom stereocenters. The average molecular weight is 264 g/mol. The number of hydrogen-bond donors (Lipinski definition) is 0. The zero-order valence-electron chi connectivity index (χ0n) is 10.3. The molecule has 92 valence electrons. The minimum atomic E-state index is -0.873. The molecule has 0 spiro atoms. The van der Waals surface area contributed by atoms with Gasteiger partial charge in [-0.15, -0.1) is 10.2 Å². The van der Waals surface area contributed by atoms with Crippen molar-refractivity contribution >= 4 is 22.4 Å². The first-order chi connectivity index (χ1) is 7.23. The van der Waals surface area contributed by atoms with E-state index in [1.165, 1.54) is 0 Å². The largest absolute Gasteiger partial charge is 0.300 e. The van der Waals surface area contributed by atoms with Crippen LogP contribution in [0, 0.1) is 0 Å². The van der Waals surface area contributed by atoms with Crippen LogP contribution in [-0.4, -0.2) is 30.5 Å². The molecule has 1 aromatic heterocycles. The molecular weight excluding hydrogens is 246 g/mol. The predicted molar refractivity (Wildman–Crippen MR) is 67.3 cm³/mol. The van der Waals surface area contributed by atoms with Gasteiger partial charge in [0.2, 0.25) is 5.28 Å². The second-order valence-corrected chi connectivity index (χ2v) is 7.10. The lowest BCUT2D eigenvalue weighted by atomic mass is 9.96. The molecule has 0 saturated carbocycles. The molecule has 4 nitrogen and oxygen atoms in total. The van der Waals surface area contributed by atoms with E-state index in [-0.39, 0.29) is 10.7 Å². The molecule has 0 bridgehead atoms. The van der Waals surface area contributed by atoms with Crippen LogP contribution in [0.3, 0.4) is 0 Å². The Morgan fingerprint density at radius 1 is 1.44 bits per heavy atom. The number of nitrogens with zero attached hydrogens (tertiary/aromatic N) is 3. The first-order valence-corrected chi connectivity index (χ1v) is 7.15. The first kappa shape index (κ1) is 13.6. The van der Waals surface area contributed by atoms with Gasteiger partial charge < -0.3 is 4.57 Å². The van der Waals surface area contributed by atoms with E-state index in [0.717, 1.165) is 5.82 Å². The summed E-state index contributed by atoms with van der Waals surface area (Å²) >= 11 is 5.99. The van der Waals surface area contributed by atoms with E-state index in [1.807, 2.05) is 11.5 Å². The van der Waals surface area contributed by atoms with E-state index in [4.69, 9.17) is 11.6 Å². The summed E-state index contributed by atoms with van der Waals surface area (Å²) in [5, 5.41) is 8.36. The molecule has 0 N–H and O–H groups in total. The highest BCUT2D eigenvalue weighted by Gasteiger charge is 2.24. The van der Waals surface area contributed by atoms with Gasteiger partial charge in [-0.25, -0.2) is 0 Å². The molecule has 1 heterocycles. The zero-order valence-corrected chi connectivity index (χ0v) is 11.9. The molecule has 0 radical (unpaired) electrons. The lowest BCUT2D eigenvalue weighted by Gasteiger charge is -2.20. The molecule has 0 fully saturated rings. The molecule has 0 aliphatic heterocycles. The fourth-order valence-corrected chi connectivity index (χ4v) is 1.91. The molecule has 0 aliphatic rings. The van der Waals surface area contributed by atoms with Gasteiger partial charge in [0.15, 0.2) is 0 Å². The van der Waals surface area contributed by atoms with Crippen LogP contribution in [0.25, 0.3) is 0 Å². The Kier molecular flexibility index (Phi) is 4.12. The van der Waals surface area contributed by atoms with Crippen molar-refractivity contribution in [2.45, 2.75) is 44.9 Å². The fraction of sp³-hybridized carbons (Fsp3) is 0.800. The van der Waals surface area contributed by atoms with Crippen molar-refractivity contribution in [2.24, 2.45) is 0 Å². The van der Waals surface area contributed by atoms with Gasteiger partial charge in [0.25, 0.3) is 0 Å².